The Morgan fingerprint density at radius 1 is 0.321 bits per heavy atom. The fourth-order valence-corrected chi connectivity index (χ4v) is 9.96. The summed E-state index contributed by atoms with van der Waals surface area (Å²) in [4.78, 5) is 4.51. The molecule has 11 aromatic rings. The summed E-state index contributed by atoms with van der Waals surface area (Å²) in [7, 11) is 0. The van der Waals surface area contributed by atoms with Crippen LogP contribution in [0.15, 0.2) is 188 Å². The lowest BCUT2D eigenvalue weighted by atomic mass is 9.85. The molecule has 11 rings (SSSR count). The fraction of sp³-hybridized carbons (Fsp3) is 0. The van der Waals surface area contributed by atoms with Crippen LogP contribution >= 0.6 is 11.3 Å². The van der Waals surface area contributed by atoms with Crippen LogP contribution in [-0.2, 0) is 0 Å². The first-order chi connectivity index (χ1) is 26.3. The maximum absolute atomic E-state index is 4.51. The van der Waals surface area contributed by atoms with Gasteiger partial charge in [-0.05, 0) is 100 Å². The Balaban J connectivity index is 1.18. The summed E-state index contributed by atoms with van der Waals surface area (Å²) in [6.45, 7) is 0. The summed E-state index contributed by atoms with van der Waals surface area (Å²) >= 11 is 1.89. The second-order valence-electron chi connectivity index (χ2n) is 13.8. The standard InChI is InChI=1S/C51H31NS/c1-2-14-32(15-3-1)47-35-17-4-6-19-37(35)48(38-20-7-5-18-36(38)47)33-27-28-43-46(30-33)53-45-26-12-25-44(51(43)45)50-41-23-10-8-21-39(41)49(34-16-13-29-52-31-34)40-22-9-11-24-42(40)50/h1-31H. The summed E-state index contributed by atoms with van der Waals surface area (Å²) in [5.41, 5.74) is 10.00. The molecule has 0 aliphatic rings. The summed E-state index contributed by atoms with van der Waals surface area (Å²) in [5, 5.41) is 12.7. The quantitative estimate of drug-likeness (QED) is 0.168. The van der Waals surface area contributed by atoms with Crippen molar-refractivity contribution in [1.82, 2.24) is 4.98 Å². The summed E-state index contributed by atoms with van der Waals surface area (Å²) in [6.07, 6.45) is 3.83. The molecule has 9 aromatic carbocycles. The highest BCUT2D eigenvalue weighted by molar-refractivity contribution is 7.26. The minimum atomic E-state index is 1.13. The molecule has 2 heteroatoms. The minimum Gasteiger partial charge on any atom is -0.264 e. The molecule has 0 aliphatic carbocycles. The van der Waals surface area contributed by atoms with Crippen LogP contribution in [0.1, 0.15) is 0 Å². The normalized spacial score (nSPS) is 11.8. The summed E-state index contributed by atoms with van der Waals surface area (Å²) in [6, 6.07) is 64.6. The zero-order valence-corrected chi connectivity index (χ0v) is 29.6. The van der Waals surface area contributed by atoms with Gasteiger partial charge in [-0.3, -0.25) is 4.98 Å². The highest BCUT2D eigenvalue weighted by atomic mass is 32.1. The van der Waals surface area contributed by atoms with Crippen LogP contribution in [-0.4, -0.2) is 4.98 Å². The topological polar surface area (TPSA) is 12.9 Å². The number of rotatable bonds is 4. The zero-order chi connectivity index (χ0) is 34.9. The number of pyridine rings is 1. The van der Waals surface area contributed by atoms with Crippen molar-refractivity contribution in [2.45, 2.75) is 0 Å². The van der Waals surface area contributed by atoms with Crippen molar-refractivity contribution in [3.8, 4) is 44.5 Å². The van der Waals surface area contributed by atoms with E-state index in [2.05, 4.69) is 175 Å². The van der Waals surface area contributed by atoms with E-state index in [0.717, 1.165) is 5.56 Å². The van der Waals surface area contributed by atoms with Gasteiger partial charge in [0.05, 0.1) is 0 Å². The third kappa shape index (κ3) is 4.59. The molecule has 0 aliphatic heterocycles. The van der Waals surface area contributed by atoms with Gasteiger partial charge in [-0.1, -0.05) is 158 Å². The largest absolute Gasteiger partial charge is 0.264 e. The van der Waals surface area contributed by atoms with Crippen molar-refractivity contribution in [2.24, 2.45) is 0 Å². The van der Waals surface area contributed by atoms with Crippen molar-refractivity contribution in [1.29, 1.82) is 0 Å². The molecular formula is C51H31NS. The minimum absolute atomic E-state index is 1.13. The Morgan fingerprint density at radius 2 is 0.811 bits per heavy atom. The molecule has 1 nitrogen and oxygen atoms in total. The van der Waals surface area contributed by atoms with Crippen molar-refractivity contribution < 1.29 is 0 Å². The molecule has 0 amide bonds. The number of hydrogen-bond acceptors (Lipinski definition) is 2. The van der Waals surface area contributed by atoms with Gasteiger partial charge in [-0.25, -0.2) is 0 Å². The second-order valence-corrected chi connectivity index (χ2v) is 14.9. The molecular weight excluding hydrogens is 659 g/mol. The van der Waals surface area contributed by atoms with E-state index in [0.29, 0.717) is 0 Å². The SMILES string of the molecule is c1ccc(-c2c3ccccc3c(-c3ccc4c(c3)sc3cccc(-c5c6ccccc6c(-c6cccnc6)c6ccccc56)c34)c3ccccc23)cc1. The van der Waals surface area contributed by atoms with Gasteiger partial charge in [0, 0.05) is 38.1 Å². The number of thiophene rings is 1. The van der Waals surface area contributed by atoms with Gasteiger partial charge in [-0.15, -0.1) is 11.3 Å². The molecule has 0 fully saturated rings. The predicted octanol–water partition coefficient (Wildman–Crippen LogP) is 14.7. The molecule has 0 saturated heterocycles. The third-order valence-corrected chi connectivity index (χ3v) is 12.0. The molecule has 0 unspecified atom stereocenters. The molecule has 53 heavy (non-hydrogen) atoms. The highest BCUT2D eigenvalue weighted by Gasteiger charge is 2.21. The van der Waals surface area contributed by atoms with Crippen LogP contribution in [0.5, 0.6) is 0 Å². The van der Waals surface area contributed by atoms with Gasteiger partial charge in [-0.2, -0.15) is 0 Å². The van der Waals surface area contributed by atoms with Gasteiger partial charge in [0.15, 0.2) is 0 Å². The Labute approximate surface area is 311 Å². The summed E-state index contributed by atoms with van der Waals surface area (Å²) in [5.74, 6) is 0. The van der Waals surface area contributed by atoms with E-state index >= 15 is 0 Å². The Kier molecular flexibility index (Phi) is 6.80. The van der Waals surface area contributed by atoms with E-state index in [1.165, 1.54) is 102 Å². The van der Waals surface area contributed by atoms with Gasteiger partial charge in [0.1, 0.15) is 0 Å². The van der Waals surface area contributed by atoms with Crippen LogP contribution in [0, 0.1) is 0 Å². The van der Waals surface area contributed by atoms with E-state index in [-0.39, 0.29) is 0 Å². The van der Waals surface area contributed by atoms with Crippen LogP contribution in [0.25, 0.3) is 108 Å². The van der Waals surface area contributed by atoms with E-state index in [1.54, 1.807) is 0 Å². The monoisotopic (exact) mass is 689 g/mol. The highest BCUT2D eigenvalue weighted by Crippen LogP contribution is 2.49. The molecule has 0 atom stereocenters. The van der Waals surface area contributed by atoms with Gasteiger partial charge in [0.2, 0.25) is 0 Å². The maximum atomic E-state index is 4.51. The average molecular weight is 690 g/mol. The molecule has 0 bridgehead atoms. The third-order valence-electron chi connectivity index (χ3n) is 10.9. The number of hydrogen-bond donors (Lipinski definition) is 0. The molecule has 246 valence electrons. The Hall–Kier alpha value is -6.61. The molecule has 0 N–H and O–H groups in total. The Morgan fingerprint density at radius 3 is 1.36 bits per heavy atom. The number of nitrogens with zero attached hydrogens (tertiary/aromatic N) is 1. The zero-order valence-electron chi connectivity index (χ0n) is 28.8. The van der Waals surface area contributed by atoms with Crippen LogP contribution in [0.2, 0.25) is 0 Å². The number of fused-ring (bicyclic) bond motifs is 7. The van der Waals surface area contributed by atoms with Gasteiger partial charge in [0.25, 0.3) is 0 Å². The van der Waals surface area contributed by atoms with E-state index in [1.807, 2.05) is 29.8 Å². The second kappa shape index (κ2) is 12.0. The van der Waals surface area contributed by atoms with Crippen molar-refractivity contribution in [3.63, 3.8) is 0 Å². The molecule has 0 radical (unpaired) electrons. The van der Waals surface area contributed by atoms with Crippen LogP contribution in [0.4, 0.5) is 0 Å². The van der Waals surface area contributed by atoms with Crippen LogP contribution < -0.4 is 0 Å². The number of aromatic nitrogens is 1. The fourth-order valence-electron chi connectivity index (χ4n) is 8.79. The number of benzene rings is 9. The maximum Gasteiger partial charge on any atom is 0.0361 e. The molecule has 2 heterocycles. The average Bonchev–Trinajstić information content (AvgIpc) is 3.61. The van der Waals surface area contributed by atoms with E-state index < -0.39 is 0 Å². The van der Waals surface area contributed by atoms with E-state index in [4.69, 9.17) is 0 Å². The molecule has 2 aromatic heterocycles. The van der Waals surface area contributed by atoms with Gasteiger partial charge >= 0.3 is 0 Å². The lowest BCUT2D eigenvalue weighted by molar-refractivity contribution is 1.33. The first-order valence-corrected chi connectivity index (χ1v) is 18.9. The first-order valence-electron chi connectivity index (χ1n) is 18.1. The lowest BCUT2D eigenvalue weighted by Gasteiger charge is -2.18. The van der Waals surface area contributed by atoms with E-state index in [9.17, 15) is 0 Å². The first kappa shape index (κ1) is 30.1. The summed E-state index contributed by atoms with van der Waals surface area (Å²) < 4.78 is 2.60. The molecule has 0 saturated carbocycles. The van der Waals surface area contributed by atoms with Crippen molar-refractivity contribution in [2.75, 3.05) is 0 Å². The Bertz CT molecular complexity index is 3100. The lowest BCUT2D eigenvalue weighted by Crippen LogP contribution is -1.91. The van der Waals surface area contributed by atoms with Gasteiger partial charge < -0.3 is 0 Å². The van der Waals surface area contributed by atoms with Crippen LogP contribution in [0.3, 0.4) is 0 Å². The molecule has 0 spiro atoms. The van der Waals surface area contributed by atoms with Crippen molar-refractivity contribution >= 4 is 74.6 Å². The van der Waals surface area contributed by atoms with Crippen molar-refractivity contribution in [3.05, 3.63) is 188 Å². The predicted molar refractivity (Wildman–Crippen MR) is 229 cm³/mol. The smallest absolute Gasteiger partial charge is 0.0361 e.